The van der Waals surface area contributed by atoms with E-state index in [9.17, 15) is 4.79 Å². The van der Waals surface area contributed by atoms with E-state index in [1.165, 1.54) is 0 Å². The quantitative estimate of drug-likeness (QED) is 0.598. The van der Waals surface area contributed by atoms with Gasteiger partial charge in [-0.05, 0) is 26.8 Å². The molecule has 0 radical (unpaired) electrons. The van der Waals surface area contributed by atoms with Gasteiger partial charge in [-0.2, -0.15) is 0 Å². The van der Waals surface area contributed by atoms with Gasteiger partial charge < -0.3 is 15.0 Å². The van der Waals surface area contributed by atoms with E-state index in [4.69, 9.17) is 4.74 Å². The van der Waals surface area contributed by atoms with Crippen LogP contribution in [0.5, 0.6) is 0 Å². The molecule has 14 heavy (non-hydrogen) atoms. The van der Waals surface area contributed by atoms with Gasteiger partial charge in [0.15, 0.2) is 0 Å². The average Bonchev–Trinajstić information content (AvgIpc) is 2.98. The van der Waals surface area contributed by atoms with E-state index in [0.717, 1.165) is 25.9 Å². The number of hydrogen-bond acceptors (Lipinski definition) is 3. The summed E-state index contributed by atoms with van der Waals surface area (Å²) in [5, 5.41) is 2.97. The van der Waals surface area contributed by atoms with Gasteiger partial charge in [0.25, 0.3) is 0 Å². The molecule has 1 rings (SSSR count). The van der Waals surface area contributed by atoms with Crippen LogP contribution in [0.15, 0.2) is 0 Å². The minimum absolute atomic E-state index is 0.131. The molecule has 1 saturated carbocycles. The molecule has 1 N–H and O–H groups in total. The van der Waals surface area contributed by atoms with E-state index in [2.05, 4.69) is 5.32 Å². The highest BCUT2D eigenvalue weighted by atomic mass is 16.5. The van der Waals surface area contributed by atoms with Gasteiger partial charge in [0.05, 0.1) is 6.61 Å². The standard InChI is InChI=1S/C10H20N2O2/c1-3-12(9-4-5-9)10(13)8-14-7-6-11-2/h9,11H,3-8H2,1-2H3. The Balaban J connectivity index is 2.12. The number of nitrogens with zero attached hydrogens (tertiary/aromatic N) is 1. The summed E-state index contributed by atoms with van der Waals surface area (Å²) in [6.45, 7) is 4.45. The Hall–Kier alpha value is -0.610. The van der Waals surface area contributed by atoms with Gasteiger partial charge in [0, 0.05) is 19.1 Å². The van der Waals surface area contributed by atoms with Gasteiger partial charge in [-0.25, -0.2) is 0 Å². The molecule has 0 aromatic carbocycles. The van der Waals surface area contributed by atoms with E-state index in [0.29, 0.717) is 12.6 Å². The van der Waals surface area contributed by atoms with E-state index >= 15 is 0 Å². The van der Waals surface area contributed by atoms with Crippen molar-refractivity contribution in [2.24, 2.45) is 0 Å². The average molecular weight is 200 g/mol. The number of rotatable bonds is 7. The SMILES string of the molecule is CCN(C(=O)COCCNC)C1CC1. The van der Waals surface area contributed by atoms with Crippen LogP contribution in [0.25, 0.3) is 0 Å². The van der Waals surface area contributed by atoms with Crippen molar-refractivity contribution in [2.45, 2.75) is 25.8 Å². The maximum Gasteiger partial charge on any atom is 0.248 e. The Kier molecular flexibility index (Phi) is 4.90. The normalized spacial score (nSPS) is 15.6. The highest BCUT2D eigenvalue weighted by Crippen LogP contribution is 2.26. The van der Waals surface area contributed by atoms with E-state index in [1.54, 1.807) is 0 Å². The van der Waals surface area contributed by atoms with E-state index in [1.807, 2.05) is 18.9 Å². The predicted octanol–water partition coefficient (Wildman–Crippen LogP) is 0.233. The zero-order chi connectivity index (χ0) is 10.4. The zero-order valence-corrected chi connectivity index (χ0v) is 9.08. The Labute approximate surface area is 85.6 Å². The lowest BCUT2D eigenvalue weighted by Crippen LogP contribution is -2.36. The third kappa shape index (κ3) is 3.64. The zero-order valence-electron chi connectivity index (χ0n) is 9.08. The van der Waals surface area contributed by atoms with Crippen LogP contribution < -0.4 is 5.32 Å². The summed E-state index contributed by atoms with van der Waals surface area (Å²) in [5.41, 5.74) is 0. The van der Waals surface area contributed by atoms with Gasteiger partial charge >= 0.3 is 0 Å². The van der Waals surface area contributed by atoms with Gasteiger partial charge in [-0.15, -0.1) is 0 Å². The fourth-order valence-corrected chi connectivity index (χ4v) is 1.44. The molecule has 4 heteroatoms. The molecule has 0 bridgehead atoms. The van der Waals surface area contributed by atoms with Crippen LogP contribution >= 0.6 is 0 Å². The van der Waals surface area contributed by atoms with Crippen molar-refractivity contribution in [3.63, 3.8) is 0 Å². The second-order valence-electron chi connectivity index (χ2n) is 3.57. The highest BCUT2D eigenvalue weighted by Gasteiger charge is 2.30. The van der Waals surface area contributed by atoms with Crippen LogP contribution in [0.4, 0.5) is 0 Å². The second-order valence-corrected chi connectivity index (χ2v) is 3.57. The van der Waals surface area contributed by atoms with Crippen molar-refractivity contribution in [2.75, 3.05) is 33.4 Å². The van der Waals surface area contributed by atoms with Crippen LogP contribution in [-0.4, -0.2) is 50.2 Å². The molecule has 0 aromatic heterocycles. The van der Waals surface area contributed by atoms with E-state index in [-0.39, 0.29) is 12.5 Å². The topological polar surface area (TPSA) is 41.6 Å². The van der Waals surface area contributed by atoms with Crippen molar-refractivity contribution < 1.29 is 9.53 Å². The first-order chi connectivity index (χ1) is 6.79. The molecule has 1 amide bonds. The Morgan fingerprint density at radius 1 is 1.57 bits per heavy atom. The Morgan fingerprint density at radius 2 is 2.29 bits per heavy atom. The van der Waals surface area contributed by atoms with Crippen LogP contribution in [0.2, 0.25) is 0 Å². The summed E-state index contributed by atoms with van der Waals surface area (Å²) < 4.78 is 5.24. The van der Waals surface area contributed by atoms with Gasteiger partial charge in [0.1, 0.15) is 6.61 Å². The molecule has 82 valence electrons. The number of nitrogens with one attached hydrogen (secondary N) is 1. The fraction of sp³-hybridized carbons (Fsp3) is 0.900. The summed E-state index contributed by atoms with van der Waals surface area (Å²) in [5.74, 6) is 0.131. The lowest BCUT2D eigenvalue weighted by atomic mass is 10.4. The minimum Gasteiger partial charge on any atom is -0.370 e. The summed E-state index contributed by atoms with van der Waals surface area (Å²) >= 11 is 0. The smallest absolute Gasteiger partial charge is 0.248 e. The summed E-state index contributed by atoms with van der Waals surface area (Å²) in [7, 11) is 1.87. The van der Waals surface area contributed by atoms with Crippen LogP contribution in [0, 0.1) is 0 Å². The maximum absolute atomic E-state index is 11.6. The first-order valence-corrected chi connectivity index (χ1v) is 5.31. The molecule has 0 atom stereocenters. The maximum atomic E-state index is 11.6. The van der Waals surface area contributed by atoms with Crippen LogP contribution in [0.1, 0.15) is 19.8 Å². The molecular weight excluding hydrogens is 180 g/mol. The molecule has 1 fully saturated rings. The van der Waals surface area contributed by atoms with Gasteiger partial charge in [-0.3, -0.25) is 4.79 Å². The molecule has 0 spiro atoms. The van der Waals surface area contributed by atoms with Crippen molar-refractivity contribution in [3.8, 4) is 0 Å². The predicted molar refractivity (Wildman–Crippen MR) is 55.2 cm³/mol. The molecule has 1 aliphatic carbocycles. The second kappa shape index (κ2) is 5.98. The van der Waals surface area contributed by atoms with Crippen molar-refractivity contribution >= 4 is 5.91 Å². The monoisotopic (exact) mass is 200 g/mol. The lowest BCUT2D eigenvalue weighted by molar-refractivity contribution is -0.136. The highest BCUT2D eigenvalue weighted by molar-refractivity contribution is 5.78. The molecule has 1 aliphatic rings. The third-order valence-electron chi connectivity index (χ3n) is 2.37. The minimum atomic E-state index is 0.131. The Bertz CT molecular complexity index is 181. The Morgan fingerprint density at radius 3 is 2.79 bits per heavy atom. The lowest BCUT2D eigenvalue weighted by Gasteiger charge is -2.20. The fourth-order valence-electron chi connectivity index (χ4n) is 1.44. The number of likely N-dealkylation sites (N-methyl/N-ethyl adjacent to an activating group) is 2. The largest absolute Gasteiger partial charge is 0.370 e. The van der Waals surface area contributed by atoms with Gasteiger partial charge in [-0.1, -0.05) is 0 Å². The summed E-state index contributed by atoms with van der Waals surface area (Å²) in [6, 6.07) is 0.500. The summed E-state index contributed by atoms with van der Waals surface area (Å²) in [4.78, 5) is 13.5. The van der Waals surface area contributed by atoms with E-state index < -0.39 is 0 Å². The molecule has 4 nitrogen and oxygen atoms in total. The van der Waals surface area contributed by atoms with Crippen molar-refractivity contribution in [1.29, 1.82) is 0 Å². The number of hydrogen-bond donors (Lipinski definition) is 1. The number of ether oxygens (including phenoxy) is 1. The number of amides is 1. The molecular formula is C10H20N2O2. The molecule has 0 heterocycles. The first-order valence-electron chi connectivity index (χ1n) is 5.31. The van der Waals surface area contributed by atoms with Gasteiger partial charge in [0.2, 0.25) is 5.91 Å². The van der Waals surface area contributed by atoms with Crippen molar-refractivity contribution in [1.82, 2.24) is 10.2 Å². The van der Waals surface area contributed by atoms with Crippen LogP contribution in [-0.2, 0) is 9.53 Å². The number of carbonyl (C=O) groups is 1. The molecule has 0 unspecified atom stereocenters. The first kappa shape index (κ1) is 11.5. The number of carbonyl (C=O) groups excluding carboxylic acids is 1. The summed E-state index contributed by atoms with van der Waals surface area (Å²) in [6.07, 6.45) is 2.33. The van der Waals surface area contributed by atoms with Crippen LogP contribution in [0.3, 0.4) is 0 Å². The van der Waals surface area contributed by atoms with Crippen molar-refractivity contribution in [3.05, 3.63) is 0 Å². The molecule has 0 saturated heterocycles. The molecule has 0 aliphatic heterocycles. The third-order valence-corrected chi connectivity index (χ3v) is 2.37. The molecule has 0 aromatic rings.